The molecule has 1 aliphatic rings. The first kappa shape index (κ1) is 14.7. The van der Waals surface area contributed by atoms with Gasteiger partial charge in [-0.2, -0.15) is 0 Å². The molecule has 0 bridgehead atoms. The smallest absolute Gasteiger partial charge is 0.274 e. The van der Waals surface area contributed by atoms with Crippen molar-refractivity contribution < 1.29 is 9.59 Å². The Morgan fingerprint density at radius 3 is 3.00 bits per heavy atom. The standard InChI is InChI=1S/C14H22N4O2/c1-10-4-6-18(11(7-10)8-15)9-13(19)17-14(20)12-3-2-5-16-12/h2-3,5,10-11,16H,4,6-9,15H2,1H3,(H,17,19,20). The maximum atomic E-state index is 11.9. The van der Waals surface area contributed by atoms with E-state index < -0.39 is 5.91 Å². The lowest BCUT2D eigenvalue weighted by molar-refractivity contribution is -0.122. The number of imide groups is 1. The molecular weight excluding hydrogens is 256 g/mol. The number of hydrogen-bond acceptors (Lipinski definition) is 4. The van der Waals surface area contributed by atoms with Gasteiger partial charge in [0.2, 0.25) is 5.91 Å². The summed E-state index contributed by atoms with van der Waals surface area (Å²) in [6, 6.07) is 3.58. The van der Waals surface area contributed by atoms with Crippen LogP contribution in [0.2, 0.25) is 0 Å². The van der Waals surface area contributed by atoms with Gasteiger partial charge in [0.05, 0.1) is 6.54 Å². The summed E-state index contributed by atoms with van der Waals surface area (Å²) in [6.07, 6.45) is 3.72. The van der Waals surface area contributed by atoms with Crippen LogP contribution in [0.5, 0.6) is 0 Å². The van der Waals surface area contributed by atoms with Crippen molar-refractivity contribution in [2.75, 3.05) is 19.6 Å². The van der Waals surface area contributed by atoms with E-state index in [0.717, 1.165) is 19.4 Å². The van der Waals surface area contributed by atoms with Crippen molar-refractivity contribution in [2.24, 2.45) is 11.7 Å². The van der Waals surface area contributed by atoms with E-state index in [1.165, 1.54) is 0 Å². The first-order valence-electron chi connectivity index (χ1n) is 7.02. The number of hydrogen-bond donors (Lipinski definition) is 3. The fourth-order valence-corrected chi connectivity index (χ4v) is 2.64. The highest BCUT2D eigenvalue weighted by Gasteiger charge is 2.27. The summed E-state index contributed by atoms with van der Waals surface area (Å²) in [5.74, 6) is -0.0318. The summed E-state index contributed by atoms with van der Waals surface area (Å²) >= 11 is 0. The van der Waals surface area contributed by atoms with Gasteiger partial charge in [0.1, 0.15) is 5.69 Å². The summed E-state index contributed by atoms with van der Waals surface area (Å²) in [6.45, 7) is 3.82. The predicted molar refractivity (Wildman–Crippen MR) is 76.1 cm³/mol. The van der Waals surface area contributed by atoms with Crippen LogP contribution < -0.4 is 11.1 Å². The third-order valence-corrected chi connectivity index (χ3v) is 3.81. The number of H-pyrrole nitrogens is 1. The van der Waals surface area contributed by atoms with E-state index in [-0.39, 0.29) is 18.5 Å². The third-order valence-electron chi connectivity index (χ3n) is 3.81. The number of aromatic amines is 1. The number of carbonyl (C=O) groups is 2. The van der Waals surface area contributed by atoms with Crippen LogP contribution in [0.15, 0.2) is 18.3 Å². The highest BCUT2D eigenvalue weighted by molar-refractivity contribution is 6.04. The fraction of sp³-hybridized carbons (Fsp3) is 0.571. The summed E-state index contributed by atoms with van der Waals surface area (Å²) in [5.41, 5.74) is 6.15. The van der Waals surface area contributed by atoms with Gasteiger partial charge in [0.15, 0.2) is 0 Å². The number of piperidine rings is 1. The number of likely N-dealkylation sites (tertiary alicyclic amines) is 1. The lowest BCUT2D eigenvalue weighted by Crippen LogP contribution is -2.50. The predicted octanol–water partition coefficient (Wildman–Crippen LogP) is 0.330. The third kappa shape index (κ3) is 3.68. The molecule has 1 aliphatic heterocycles. The zero-order valence-corrected chi connectivity index (χ0v) is 11.8. The molecule has 2 amide bonds. The number of amides is 2. The van der Waals surface area contributed by atoms with Crippen LogP contribution in [0, 0.1) is 5.92 Å². The number of nitrogens with zero attached hydrogens (tertiary/aromatic N) is 1. The zero-order chi connectivity index (χ0) is 14.5. The van der Waals surface area contributed by atoms with Crippen molar-refractivity contribution in [3.05, 3.63) is 24.0 Å². The molecular formula is C14H22N4O2. The SMILES string of the molecule is CC1CCN(CC(=O)NC(=O)c2ccc[nH]2)C(CN)C1. The molecule has 1 fully saturated rings. The van der Waals surface area contributed by atoms with Gasteiger partial charge in [-0.1, -0.05) is 6.92 Å². The van der Waals surface area contributed by atoms with Crippen LogP contribution in [0.4, 0.5) is 0 Å². The molecule has 110 valence electrons. The van der Waals surface area contributed by atoms with Gasteiger partial charge >= 0.3 is 0 Å². The molecule has 1 aromatic rings. The summed E-state index contributed by atoms with van der Waals surface area (Å²) in [4.78, 5) is 28.5. The molecule has 6 nitrogen and oxygen atoms in total. The minimum Gasteiger partial charge on any atom is -0.357 e. The first-order chi connectivity index (χ1) is 9.60. The molecule has 1 saturated heterocycles. The second-order valence-corrected chi connectivity index (χ2v) is 5.45. The molecule has 6 heteroatoms. The Labute approximate surface area is 118 Å². The van der Waals surface area contributed by atoms with Gasteiger partial charge in [-0.05, 0) is 37.4 Å². The van der Waals surface area contributed by atoms with Crippen molar-refractivity contribution in [1.82, 2.24) is 15.2 Å². The van der Waals surface area contributed by atoms with E-state index >= 15 is 0 Å². The van der Waals surface area contributed by atoms with Crippen LogP contribution in [0.25, 0.3) is 0 Å². The van der Waals surface area contributed by atoms with Gasteiger partial charge < -0.3 is 10.7 Å². The van der Waals surface area contributed by atoms with Crippen LogP contribution >= 0.6 is 0 Å². The van der Waals surface area contributed by atoms with Crippen LogP contribution in [0.3, 0.4) is 0 Å². The molecule has 2 heterocycles. The Kier molecular flexibility index (Phi) is 4.92. The van der Waals surface area contributed by atoms with Crippen LogP contribution in [0.1, 0.15) is 30.3 Å². The molecule has 0 aliphatic carbocycles. The van der Waals surface area contributed by atoms with E-state index in [9.17, 15) is 9.59 Å². The largest absolute Gasteiger partial charge is 0.357 e. The number of nitrogens with one attached hydrogen (secondary N) is 2. The Balaban J connectivity index is 1.86. The number of rotatable bonds is 4. The molecule has 20 heavy (non-hydrogen) atoms. The highest BCUT2D eigenvalue weighted by Crippen LogP contribution is 2.21. The average molecular weight is 278 g/mol. The van der Waals surface area contributed by atoms with Gasteiger partial charge in [0, 0.05) is 18.8 Å². The average Bonchev–Trinajstić information content (AvgIpc) is 2.94. The monoisotopic (exact) mass is 278 g/mol. The second-order valence-electron chi connectivity index (χ2n) is 5.45. The van der Waals surface area contributed by atoms with Crippen molar-refractivity contribution in [2.45, 2.75) is 25.8 Å². The molecule has 0 radical (unpaired) electrons. The van der Waals surface area contributed by atoms with E-state index in [1.54, 1.807) is 18.3 Å². The number of aromatic nitrogens is 1. The van der Waals surface area contributed by atoms with E-state index in [1.807, 2.05) is 0 Å². The van der Waals surface area contributed by atoms with Crippen LogP contribution in [-0.4, -0.2) is 47.4 Å². The molecule has 2 atom stereocenters. The lowest BCUT2D eigenvalue weighted by Gasteiger charge is -2.37. The van der Waals surface area contributed by atoms with Gasteiger partial charge in [-0.3, -0.25) is 19.8 Å². The van der Waals surface area contributed by atoms with E-state index in [4.69, 9.17) is 5.73 Å². The Morgan fingerprint density at radius 2 is 2.35 bits per heavy atom. The lowest BCUT2D eigenvalue weighted by atomic mass is 9.92. The topological polar surface area (TPSA) is 91.2 Å². The van der Waals surface area contributed by atoms with Crippen molar-refractivity contribution >= 4 is 11.8 Å². The summed E-state index contributed by atoms with van der Waals surface area (Å²) in [5, 5.41) is 2.39. The summed E-state index contributed by atoms with van der Waals surface area (Å²) in [7, 11) is 0. The Hall–Kier alpha value is -1.66. The normalized spacial score (nSPS) is 23.5. The Morgan fingerprint density at radius 1 is 1.55 bits per heavy atom. The Bertz CT molecular complexity index is 458. The van der Waals surface area contributed by atoms with Crippen molar-refractivity contribution in [3.8, 4) is 0 Å². The minimum atomic E-state index is -0.394. The minimum absolute atomic E-state index is 0.223. The van der Waals surface area contributed by atoms with Gasteiger partial charge in [0.25, 0.3) is 5.91 Å². The molecule has 1 aromatic heterocycles. The van der Waals surface area contributed by atoms with E-state index in [0.29, 0.717) is 18.2 Å². The first-order valence-corrected chi connectivity index (χ1v) is 7.02. The molecule has 4 N–H and O–H groups in total. The van der Waals surface area contributed by atoms with Crippen molar-refractivity contribution in [3.63, 3.8) is 0 Å². The van der Waals surface area contributed by atoms with E-state index in [2.05, 4.69) is 22.1 Å². The number of nitrogens with two attached hydrogens (primary N) is 1. The maximum Gasteiger partial charge on any atom is 0.274 e. The quantitative estimate of drug-likeness (QED) is 0.740. The zero-order valence-electron chi connectivity index (χ0n) is 11.8. The second kappa shape index (κ2) is 6.67. The van der Waals surface area contributed by atoms with Gasteiger partial charge in [-0.15, -0.1) is 0 Å². The maximum absolute atomic E-state index is 11.9. The van der Waals surface area contributed by atoms with Crippen LogP contribution in [-0.2, 0) is 4.79 Å². The van der Waals surface area contributed by atoms with Gasteiger partial charge in [-0.25, -0.2) is 0 Å². The highest BCUT2D eigenvalue weighted by atomic mass is 16.2. The molecule has 2 unspecified atom stereocenters. The molecule has 0 spiro atoms. The fourth-order valence-electron chi connectivity index (χ4n) is 2.64. The summed E-state index contributed by atoms with van der Waals surface area (Å²) < 4.78 is 0. The number of carbonyl (C=O) groups excluding carboxylic acids is 2. The molecule has 0 aromatic carbocycles. The molecule has 2 rings (SSSR count). The molecule has 0 saturated carbocycles. The van der Waals surface area contributed by atoms with Crippen molar-refractivity contribution in [1.29, 1.82) is 0 Å².